The van der Waals surface area contributed by atoms with Crippen molar-refractivity contribution >= 4 is 51.0 Å². The highest BCUT2D eigenvalue weighted by Crippen LogP contribution is 2.40. The van der Waals surface area contributed by atoms with Crippen molar-refractivity contribution in [1.82, 2.24) is 29.4 Å². The number of piperidine rings is 4. The Morgan fingerprint density at radius 2 is 1.59 bits per heavy atom. The van der Waals surface area contributed by atoms with E-state index in [2.05, 4.69) is 30.4 Å². The van der Waals surface area contributed by atoms with Gasteiger partial charge in [0.1, 0.15) is 18.3 Å². The number of nitrogens with zero attached hydrogens (tertiary/aromatic N) is 7. The van der Waals surface area contributed by atoms with E-state index in [1.165, 1.54) is 6.07 Å². The van der Waals surface area contributed by atoms with Gasteiger partial charge in [0.15, 0.2) is 17.4 Å². The van der Waals surface area contributed by atoms with Gasteiger partial charge in [-0.15, -0.1) is 0 Å². The Kier molecular flexibility index (Phi) is 11.9. The van der Waals surface area contributed by atoms with Crippen molar-refractivity contribution in [2.24, 2.45) is 5.92 Å². The predicted octanol–water partition coefficient (Wildman–Crippen LogP) is 4.02. The maximum absolute atomic E-state index is 15.2. The standard InChI is InChI=1S/C44H53F2N9O7S/c1-26(2)54-19-20-62-40-34(45)21-28(22-37(40)54)39-35(46)24-47-44(50-39)48-29-9-17-53(18-10-29)63(60,61)31-11-13-51(14-12-31)25-27-7-15-52(16-8-27)30-3-4-32-33(23-30)43(59)55(42(32)58)36-5-6-38(56)49-41(36)57/h3-4,21-24,26-27,29,31,36H,5-20,25H2,1-2H3,(H,47,48,50)(H,49,56,57). The van der Waals surface area contributed by atoms with Gasteiger partial charge in [0.2, 0.25) is 27.8 Å². The smallest absolute Gasteiger partial charge is 0.262 e. The van der Waals surface area contributed by atoms with Gasteiger partial charge in [-0.1, -0.05) is 0 Å². The summed E-state index contributed by atoms with van der Waals surface area (Å²) in [7, 11) is -3.51. The Labute approximate surface area is 365 Å². The number of carbonyl (C=O) groups is 4. The quantitative estimate of drug-likeness (QED) is 0.280. The van der Waals surface area contributed by atoms with Crippen LogP contribution in [-0.4, -0.2) is 138 Å². The lowest BCUT2D eigenvalue weighted by molar-refractivity contribution is -0.136. The Balaban J connectivity index is 0.734. The van der Waals surface area contributed by atoms with Crippen LogP contribution in [0.4, 0.5) is 26.1 Å². The molecule has 1 atom stereocenters. The zero-order valence-corrected chi connectivity index (χ0v) is 36.3. The van der Waals surface area contributed by atoms with Crippen molar-refractivity contribution in [2.45, 2.75) is 88.6 Å². The van der Waals surface area contributed by atoms with E-state index in [0.717, 1.165) is 49.3 Å². The molecule has 0 bridgehead atoms. The predicted molar refractivity (Wildman–Crippen MR) is 230 cm³/mol. The lowest BCUT2D eigenvalue weighted by Crippen LogP contribution is -2.54. The first-order chi connectivity index (χ1) is 30.2. The van der Waals surface area contributed by atoms with Gasteiger partial charge in [-0.25, -0.2) is 31.5 Å². The normalized spacial score (nSPS) is 22.4. The molecule has 1 unspecified atom stereocenters. The van der Waals surface area contributed by atoms with Gasteiger partial charge in [-0.05, 0) is 108 Å². The summed E-state index contributed by atoms with van der Waals surface area (Å²) >= 11 is 0. The van der Waals surface area contributed by atoms with Gasteiger partial charge >= 0.3 is 0 Å². The third-order valence-electron chi connectivity index (χ3n) is 13.6. The second-order valence-corrected chi connectivity index (χ2v) is 20.0. The molecule has 7 heterocycles. The molecular formula is C44H53F2N9O7S. The van der Waals surface area contributed by atoms with Crippen molar-refractivity contribution < 1.29 is 41.1 Å². The molecule has 4 saturated heterocycles. The topological polar surface area (TPSA) is 178 Å². The Morgan fingerprint density at radius 1 is 0.857 bits per heavy atom. The van der Waals surface area contributed by atoms with Crippen LogP contribution >= 0.6 is 0 Å². The fourth-order valence-electron chi connectivity index (χ4n) is 10.0. The van der Waals surface area contributed by atoms with Crippen LogP contribution in [0.1, 0.15) is 85.9 Å². The summed E-state index contributed by atoms with van der Waals surface area (Å²) in [5, 5.41) is 5.04. The number of amides is 4. The minimum atomic E-state index is -3.51. The molecular weight excluding hydrogens is 837 g/mol. The first-order valence-corrected chi connectivity index (χ1v) is 23.6. The van der Waals surface area contributed by atoms with E-state index < -0.39 is 56.6 Å². The van der Waals surface area contributed by atoms with E-state index in [4.69, 9.17) is 4.74 Å². The van der Waals surface area contributed by atoms with Crippen molar-refractivity contribution in [3.63, 3.8) is 0 Å². The molecule has 19 heteroatoms. The van der Waals surface area contributed by atoms with Crippen LogP contribution in [0, 0.1) is 17.6 Å². The average molecular weight is 890 g/mol. The molecule has 4 amide bonds. The maximum Gasteiger partial charge on any atom is 0.262 e. The minimum Gasteiger partial charge on any atom is -0.486 e. The number of anilines is 3. The highest BCUT2D eigenvalue weighted by Gasteiger charge is 2.45. The third-order valence-corrected chi connectivity index (χ3v) is 16.0. The average Bonchev–Trinajstić information content (AvgIpc) is 3.52. The summed E-state index contributed by atoms with van der Waals surface area (Å²) in [6, 6.07) is 7.11. The van der Waals surface area contributed by atoms with E-state index in [-0.39, 0.29) is 59.0 Å². The number of rotatable bonds is 10. The van der Waals surface area contributed by atoms with Crippen LogP contribution in [0.3, 0.4) is 0 Å². The maximum atomic E-state index is 15.2. The van der Waals surface area contributed by atoms with Crippen LogP contribution in [0.25, 0.3) is 11.3 Å². The second-order valence-electron chi connectivity index (χ2n) is 17.8. The highest BCUT2D eigenvalue weighted by atomic mass is 32.2. The first-order valence-electron chi connectivity index (χ1n) is 22.1. The van der Waals surface area contributed by atoms with E-state index in [1.807, 2.05) is 24.8 Å². The van der Waals surface area contributed by atoms with Crippen molar-refractivity contribution in [1.29, 1.82) is 0 Å². The van der Waals surface area contributed by atoms with Crippen molar-refractivity contribution in [2.75, 3.05) is 74.1 Å². The number of ether oxygens (including phenoxy) is 1. The number of hydrogen-bond acceptors (Lipinski definition) is 13. The van der Waals surface area contributed by atoms with E-state index >= 15 is 8.78 Å². The Hall–Kier alpha value is -5.27. The van der Waals surface area contributed by atoms with E-state index in [0.29, 0.717) is 76.6 Å². The van der Waals surface area contributed by atoms with Gasteiger partial charge in [-0.2, -0.15) is 0 Å². The summed E-state index contributed by atoms with van der Waals surface area (Å²) in [6.07, 6.45) is 5.29. The zero-order valence-electron chi connectivity index (χ0n) is 35.5. The van der Waals surface area contributed by atoms with E-state index in [1.54, 1.807) is 22.5 Å². The summed E-state index contributed by atoms with van der Waals surface area (Å²) in [4.78, 5) is 66.7. The number of aromatic nitrogens is 2. The molecule has 0 aliphatic carbocycles. The molecule has 0 radical (unpaired) electrons. The molecule has 6 aliphatic heterocycles. The molecule has 336 valence electrons. The fourth-order valence-corrected chi connectivity index (χ4v) is 12.0. The molecule has 63 heavy (non-hydrogen) atoms. The number of carbonyl (C=O) groups excluding carboxylic acids is 4. The number of sulfonamides is 1. The van der Waals surface area contributed by atoms with Gasteiger partial charge in [0.05, 0.1) is 34.8 Å². The number of benzene rings is 2. The Bertz CT molecular complexity index is 2420. The Morgan fingerprint density at radius 3 is 2.30 bits per heavy atom. The minimum absolute atomic E-state index is 0.0311. The number of hydrogen-bond donors (Lipinski definition) is 2. The van der Waals surface area contributed by atoms with Crippen LogP contribution in [0.15, 0.2) is 36.5 Å². The van der Waals surface area contributed by atoms with Crippen LogP contribution in [0.2, 0.25) is 0 Å². The SMILES string of the molecule is CC(C)N1CCOc2c(F)cc(-c3nc(NC4CCN(S(=O)(=O)C5CCN(CC6CCN(c7ccc8c(c7)C(=O)N(C7CCC(=O)NC7=O)C8=O)CC6)CC5)CC4)ncc3F)cc21. The second kappa shape index (κ2) is 17.4. The van der Waals surface area contributed by atoms with Gasteiger partial charge < -0.3 is 24.8 Å². The van der Waals surface area contributed by atoms with Crippen LogP contribution < -0.4 is 25.2 Å². The van der Waals surface area contributed by atoms with Gasteiger partial charge in [0, 0.05) is 62.5 Å². The lowest BCUT2D eigenvalue weighted by atomic mass is 9.94. The van der Waals surface area contributed by atoms with Gasteiger partial charge in [-0.3, -0.25) is 29.4 Å². The number of imide groups is 2. The molecule has 3 aromatic rings. The molecule has 16 nitrogen and oxygen atoms in total. The van der Waals surface area contributed by atoms with Gasteiger partial charge in [0.25, 0.3) is 11.8 Å². The summed E-state index contributed by atoms with van der Waals surface area (Å²) in [5.74, 6) is -2.57. The highest BCUT2D eigenvalue weighted by molar-refractivity contribution is 7.89. The molecule has 2 aromatic carbocycles. The molecule has 1 aromatic heterocycles. The monoisotopic (exact) mass is 889 g/mol. The fraction of sp³-hybridized carbons (Fsp3) is 0.545. The molecule has 9 rings (SSSR count). The summed E-state index contributed by atoms with van der Waals surface area (Å²) in [6.45, 7) is 9.47. The van der Waals surface area contributed by atoms with Crippen LogP contribution in [0.5, 0.6) is 5.75 Å². The summed E-state index contributed by atoms with van der Waals surface area (Å²) < 4.78 is 65.2. The zero-order chi connectivity index (χ0) is 44.2. The molecule has 0 saturated carbocycles. The molecule has 6 aliphatic rings. The first kappa shape index (κ1) is 43.0. The summed E-state index contributed by atoms with van der Waals surface area (Å²) in [5.41, 5.74) is 2.17. The van der Waals surface area contributed by atoms with Crippen molar-refractivity contribution in [3.8, 4) is 17.0 Å². The van der Waals surface area contributed by atoms with E-state index in [9.17, 15) is 27.6 Å². The van der Waals surface area contributed by atoms with Crippen molar-refractivity contribution in [3.05, 3.63) is 59.3 Å². The number of nitrogens with one attached hydrogen (secondary N) is 2. The van der Waals surface area contributed by atoms with Crippen LogP contribution in [-0.2, 0) is 19.6 Å². The largest absolute Gasteiger partial charge is 0.486 e. The molecule has 0 spiro atoms. The number of likely N-dealkylation sites (tertiary alicyclic amines) is 1. The molecule has 2 N–H and O–H groups in total. The molecule has 4 fully saturated rings. The lowest BCUT2D eigenvalue weighted by Gasteiger charge is -2.40. The number of fused-ring (bicyclic) bond motifs is 2. The number of halogens is 2. The third kappa shape index (κ3) is 8.46.